The monoisotopic (exact) mass is 413 g/mol. The minimum Gasteiger partial charge on any atom is -0.494 e. The lowest BCUT2D eigenvalue weighted by Gasteiger charge is -2.11. The highest BCUT2D eigenvalue weighted by Gasteiger charge is 2.11. The van der Waals surface area contributed by atoms with Gasteiger partial charge in [0.1, 0.15) is 11.6 Å². The third-order valence-electron chi connectivity index (χ3n) is 5.22. The van der Waals surface area contributed by atoms with E-state index in [4.69, 9.17) is 9.72 Å². The zero-order valence-corrected chi connectivity index (χ0v) is 17.8. The van der Waals surface area contributed by atoms with Crippen LogP contribution in [0.25, 0.3) is 11.0 Å². The lowest BCUT2D eigenvalue weighted by Crippen LogP contribution is -2.26. The van der Waals surface area contributed by atoms with Crippen LogP contribution in [-0.4, -0.2) is 28.6 Å². The predicted molar refractivity (Wildman–Crippen MR) is 124 cm³/mol. The van der Waals surface area contributed by atoms with Crippen molar-refractivity contribution in [2.24, 2.45) is 0 Å². The normalized spacial score (nSPS) is 10.9. The van der Waals surface area contributed by atoms with E-state index in [2.05, 4.69) is 16.0 Å². The first kappa shape index (κ1) is 20.7. The summed E-state index contributed by atoms with van der Waals surface area (Å²) in [6.07, 6.45) is 1.55. The van der Waals surface area contributed by atoms with Gasteiger partial charge in [0, 0.05) is 25.1 Å². The van der Waals surface area contributed by atoms with Crippen LogP contribution in [0.15, 0.2) is 78.9 Å². The Bertz CT molecular complexity index is 1130. The van der Waals surface area contributed by atoms with Crippen molar-refractivity contribution in [1.29, 1.82) is 0 Å². The van der Waals surface area contributed by atoms with Crippen molar-refractivity contribution in [3.63, 3.8) is 0 Å². The highest BCUT2D eigenvalue weighted by molar-refractivity contribution is 5.94. The van der Waals surface area contributed by atoms with E-state index in [0.29, 0.717) is 25.1 Å². The molecule has 0 unspecified atom stereocenters. The number of carbonyl (C=O) groups is 1. The fourth-order valence-electron chi connectivity index (χ4n) is 3.59. The smallest absolute Gasteiger partial charge is 0.251 e. The molecule has 158 valence electrons. The molecule has 0 radical (unpaired) electrons. The maximum atomic E-state index is 12.4. The van der Waals surface area contributed by atoms with Crippen LogP contribution in [0.2, 0.25) is 0 Å². The Morgan fingerprint density at radius 3 is 2.52 bits per heavy atom. The molecule has 5 nitrogen and oxygen atoms in total. The van der Waals surface area contributed by atoms with Crippen LogP contribution < -0.4 is 10.1 Å². The van der Waals surface area contributed by atoms with Crippen molar-refractivity contribution in [2.75, 3.05) is 13.2 Å². The number of nitrogens with zero attached hydrogens (tertiary/aromatic N) is 2. The van der Waals surface area contributed by atoms with Crippen LogP contribution in [0.1, 0.15) is 28.2 Å². The van der Waals surface area contributed by atoms with E-state index in [9.17, 15) is 4.79 Å². The van der Waals surface area contributed by atoms with Crippen molar-refractivity contribution in [3.05, 3.63) is 95.8 Å². The number of para-hydroxylation sites is 3. The topological polar surface area (TPSA) is 56.2 Å². The Kier molecular flexibility index (Phi) is 6.62. The average Bonchev–Trinajstić information content (AvgIpc) is 3.15. The molecule has 0 aliphatic heterocycles. The van der Waals surface area contributed by atoms with Crippen LogP contribution in [0.4, 0.5) is 0 Å². The molecular formula is C26H27N3O2. The fraction of sp³-hybridized carbons (Fsp3) is 0.231. The van der Waals surface area contributed by atoms with Crippen LogP contribution in [0.3, 0.4) is 0 Å². The number of fused-ring (bicyclic) bond motifs is 1. The second kappa shape index (κ2) is 9.94. The van der Waals surface area contributed by atoms with Crippen molar-refractivity contribution < 1.29 is 9.53 Å². The molecule has 3 aromatic carbocycles. The van der Waals surface area contributed by atoms with E-state index in [-0.39, 0.29) is 5.91 Å². The van der Waals surface area contributed by atoms with Gasteiger partial charge in [-0.15, -0.1) is 0 Å². The summed E-state index contributed by atoms with van der Waals surface area (Å²) in [7, 11) is 0. The van der Waals surface area contributed by atoms with E-state index >= 15 is 0 Å². The first-order chi connectivity index (χ1) is 15.2. The summed E-state index contributed by atoms with van der Waals surface area (Å²) in [6.45, 7) is 4.00. The number of amides is 1. The quantitative estimate of drug-likeness (QED) is 0.402. The number of carbonyl (C=O) groups excluding carboxylic acids is 1. The molecule has 0 fully saturated rings. The molecule has 0 aliphatic rings. The van der Waals surface area contributed by atoms with E-state index in [0.717, 1.165) is 41.1 Å². The Hall–Kier alpha value is -3.60. The second-order valence-electron chi connectivity index (χ2n) is 7.56. The summed E-state index contributed by atoms with van der Waals surface area (Å²) < 4.78 is 8.07. The van der Waals surface area contributed by atoms with E-state index in [1.807, 2.05) is 79.7 Å². The molecule has 1 aromatic heterocycles. The highest BCUT2D eigenvalue weighted by Crippen LogP contribution is 2.17. The molecule has 1 heterocycles. The molecule has 4 rings (SSSR count). The molecule has 5 heteroatoms. The van der Waals surface area contributed by atoms with Crippen molar-refractivity contribution in [3.8, 4) is 5.75 Å². The number of benzene rings is 3. The second-order valence-corrected chi connectivity index (χ2v) is 7.56. The SMILES string of the molecule is Cc1ccc(C(=O)NCCc2nc3ccccc3n2CCCOc2ccccc2)cc1. The van der Waals surface area contributed by atoms with Gasteiger partial charge in [-0.1, -0.05) is 48.0 Å². The zero-order valence-electron chi connectivity index (χ0n) is 17.8. The van der Waals surface area contributed by atoms with E-state index in [1.54, 1.807) is 0 Å². The third kappa shape index (κ3) is 5.31. The summed E-state index contributed by atoms with van der Waals surface area (Å²) in [6, 6.07) is 25.6. The molecule has 0 atom stereocenters. The standard InChI is InChI=1S/C26H27N3O2/c1-20-12-14-21(15-13-20)26(30)27-17-16-25-28-23-10-5-6-11-24(23)29(25)18-7-19-31-22-8-3-2-4-9-22/h2-6,8-15H,7,16-19H2,1H3,(H,27,30). The van der Waals surface area contributed by atoms with Crippen LogP contribution in [0, 0.1) is 6.92 Å². The zero-order chi connectivity index (χ0) is 21.5. The molecule has 0 saturated heterocycles. The summed E-state index contributed by atoms with van der Waals surface area (Å²) in [5, 5.41) is 3.01. The van der Waals surface area contributed by atoms with Crippen LogP contribution in [-0.2, 0) is 13.0 Å². The molecule has 31 heavy (non-hydrogen) atoms. The number of ether oxygens (including phenoxy) is 1. The molecule has 0 spiro atoms. The molecule has 1 N–H and O–H groups in total. The average molecular weight is 414 g/mol. The number of aromatic nitrogens is 2. The minimum absolute atomic E-state index is 0.0566. The van der Waals surface area contributed by atoms with Gasteiger partial charge in [-0.2, -0.15) is 0 Å². The van der Waals surface area contributed by atoms with Gasteiger partial charge in [0.2, 0.25) is 0 Å². The lowest BCUT2D eigenvalue weighted by molar-refractivity contribution is 0.0954. The molecule has 0 saturated carbocycles. The molecule has 4 aromatic rings. The van der Waals surface area contributed by atoms with Gasteiger partial charge in [-0.25, -0.2) is 4.98 Å². The van der Waals surface area contributed by atoms with Crippen LogP contribution >= 0.6 is 0 Å². The summed E-state index contributed by atoms with van der Waals surface area (Å²) in [4.78, 5) is 17.2. The number of nitrogens with one attached hydrogen (secondary N) is 1. The summed E-state index contributed by atoms with van der Waals surface area (Å²) in [5.41, 5.74) is 3.91. The van der Waals surface area contributed by atoms with Gasteiger partial charge in [0.05, 0.1) is 17.6 Å². The Morgan fingerprint density at radius 1 is 0.968 bits per heavy atom. The van der Waals surface area contributed by atoms with Crippen molar-refractivity contribution >= 4 is 16.9 Å². The van der Waals surface area contributed by atoms with Gasteiger partial charge in [-0.05, 0) is 49.7 Å². The number of imidazole rings is 1. The molecular weight excluding hydrogens is 386 g/mol. The van der Waals surface area contributed by atoms with Crippen molar-refractivity contribution in [2.45, 2.75) is 26.3 Å². The fourth-order valence-corrected chi connectivity index (χ4v) is 3.59. The number of aryl methyl sites for hydroxylation is 2. The van der Waals surface area contributed by atoms with Gasteiger partial charge < -0.3 is 14.6 Å². The molecule has 1 amide bonds. The molecule has 0 aliphatic carbocycles. The Balaban J connectivity index is 1.37. The first-order valence-electron chi connectivity index (χ1n) is 10.7. The molecule has 0 bridgehead atoms. The van der Waals surface area contributed by atoms with E-state index < -0.39 is 0 Å². The lowest BCUT2D eigenvalue weighted by atomic mass is 10.1. The van der Waals surface area contributed by atoms with Gasteiger partial charge in [-0.3, -0.25) is 4.79 Å². The van der Waals surface area contributed by atoms with Gasteiger partial charge >= 0.3 is 0 Å². The Labute approximate surface area is 182 Å². The first-order valence-corrected chi connectivity index (χ1v) is 10.7. The van der Waals surface area contributed by atoms with Gasteiger partial charge in [0.15, 0.2) is 0 Å². The Morgan fingerprint density at radius 2 is 1.71 bits per heavy atom. The summed E-state index contributed by atoms with van der Waals surface area (Å²) in [5.74, 6) is 1.81. The van der Waals surface area contributed by atoms with Gasteiger partial charge in [0.25, 0.3) is 5.91 Å². The largest absolute Gasteiger partial charge is 0.494 e. The third-order valence-corrected chi connectivity index (χ3v) is 5.22. The number of rotatable bonds is 9. The maximum Gasteiger partial charge on any atom is 0.251 e. The maximum absolute atomic E-state index is 12.4. The number of hydrogen-bond acceptors (Lipinski definition) is 3. The van der Waals surface area contributed by atoms with E-state index in [1.165, 1.54) is 0 Å². The van der Waals surface area contributed by atoms with Crippen LogP contribution in [0.5, 0.6) is 5.75 Å². The van der Waals surface area contributed by atoms with Crippen molar-refractivity contribution in [1.82, 2.24) is 14.9 Å². The summed E-state index contributed by atoms with van der Waals surface area (Å²) >= 11 is 0. The highest BCUT2D eigenvalue weighted by atomic mass is 16.5. The predicted octanol–water partition coefficient (Wildman–Crippen LogP) is 4.79. The minimum atomic E-state index is -0.0566. The number of hydrogen-bond donors (Lipinski definition) is 1.